The van der Waals surface area contributed by atoms with Crippen molar-refractivity contribution < 1.29 is 9.21 Å². The van der Waals surface area contributed by atoms with E-state index < -0.39 is 5.54 Å². The first-order chi connectivity index (χ1) is 18.4. The van der Waals surface area contributed by atoms with E-state index in [0.717, 1.165) is 64.8 Å². The molecule has 7 heteroatoms. The van der Waals surface area contributed by atoms with Crippen molar-refractivity contribution in [3.63, 3.8) is 0 Å². The van der Waals surface area contributed by atoms with Crippen LogP contribution in [0, 0.1) is 13.8 Å². The molecule has 2 aromatic carbocycles. The predicted octanol–water partition coefficient (Wildman–Crippen LogP) is 5.21. The van der Waals surface area contributed by atoms with Crippen LogP contribution in [0.15, 0.2) is 59.3 Å². The van der Waals surface area contributed by atoms with Crippen molar-refractivity contribution in [3.8, 4) is 11.3 Å². The molecule has 4 aromatic rings. The Morgan fingerprint density at radius 2 is 1.84 bits per heavy atom. The van der Waals surface area contributed by atoms with E-state index in [2.05, 4.69) is 62.5 Å². The molecule has 1 saturated carbocycles. The number of amides is 1. The lowest BCUT2D eigenvalue weighted by molar-refractivity contribution is 0.0930. The normalized spacial score (nSPS) is 22.1. The van der Waals surface area contributed by atoms with Crippen LogP contribution in [0.1, 0.15) is 53.1 Å². The number of piperazine rings is 1. The summed E-state index contributed by atoms with van der Waals surface area (Å²) in [6, 6.07) is 15.8. The summed E-state index contributed by atoms with van der Waals surface area (Å²) in [5.41, 5.74) is 5.38. The van der Waals surface area contributed by atoms with E-state index in [1.165, 1.54) is 12.8 Å². The Kier molecular flexibility index (Phi) is 5.34. The Morgan fingerprint density at radius 3 is 2.55 bits per heavy atom. The van der Waals surface area contributed by atoms with Crippen molar-refractivity contribution in [1.29, 1.82) is 0 Å². The maximum absolute atomic E-state index is 13.8. The van der Waals surface area contributed by atoms with Gasteiger partial charge in [-0.3, -0.25) is 14.7 Å². The monoisotopic (exact) mass is 507 g/mol. The van der Waals surface area contributed by atoms with Crippen LogP contribution in [0.5, 0.6) is 0 Å². The lowest BCUT2D eigenvalue weighted by Gasteiger charge is -2.40. The molecule has 38 heavy (non-hydrogen) atoms. The maximum Gasteiger partial charge on any atom is 0.252 e. The number of hydrogen-bond donors (Lipinski definition) is 1. The number of fused-ring (bicyclic) bond motifs is 3. The molecule has 1 amide bonds. The summed E-state index contributed by atoms with van der Waals surface area (Å²) in [6.07, 6.45) is 7.86. The van der Waals surface area contributed by atoms with Gasteiger partial charge in [0.05, 0.1) is 17.3 Å². The number of aryl methyl sites for hydroxylation is 2. The van der Waals surface area contributed by atoms with E-state index in [1.807, 2.05) is 26.0 Å². The van der Waals surface area contributed by atoms with Crippen LogP contribution in [0.25, 0.3) is 22.2 Å². The Balaban J connectivity index is 1.21. The van der Waals surface area contributed by atoms with E-state index in [1.54, 1.807) is 12.4 Å². The number of hydrogen-bond acceptors (Lipinski definition) is 6. The molecule has 7 nitrogen and oxygen atoms in total. The number of likely N-dealkylation sites (N-methyl/N-ethyl adjacent to an activating group) is 1. The third kappa shape index (κ3) is 3.88. The highest BCUT2D eigenvalue weighted by Crippen LogP contribution is 2.49. The van der Waals surface area contributed by atoms with Crippen LogP contribution >= 0.6 is 0 Å². The van der Waals surface area contributed by atoms with Crippen LogP contribution in [-0.2, 0) is 5.54 Å². The van der Waals surface area contributed by atoms with Crippen molar-refractivity contribution >= 4 is 22.5 Å². The van der Waals surface area contributed by atoms with E-state index in [9.17, 15) is 4.79 Å². The molecule has 2 aromatic heterocycles. The molecule has 2 atom stereocenters. The predicted molar refractivity (Wildman–Crippen MR) is 148 cm³/mol. The summed E-state index contributed by atoms with van der Waals surface area (Å²) in [4.78, 5) is 27.7. The fourth-order valence-corrected chi connectivity index (χ4v) is 6.46. The highest BCUT2D eigenvalue weighted by Gasteiger charge is 2.47. The number of benzene rings is 2. The molecule has 2 bridgehead atoms. The molecule has 0 radical (unpaired) electrons. The van der Waals surface area contributed by atoms with E-state index in [0.29, 0.717) is 23.7 Å². The van der Waals surface area contributed by atoms with E-state index >= 15 is 0 Å². The van der Waals surface area contributed by atoms with Crippen LogP contribution in [0.4, 0.5) is 5.69 Å². The summed E-state index contributed by atoms with van der Waals surface area (Å²) >= 11 is 0. The smallest absolute Gasteiger partial charge is 0.252 e. The molecule has 0 spiro atoms. The Morgan fingerprint density at radius 1 is 1.05 bits per heavy atom. The summed E-state index contributed by atoms with van der Waals surface area (Å²) in [5.74, 6) is 1.32. The zero-order valence-electron chi connectivity index (χ0n) is 22.2. The van der Waals surface area contributed by atoms with Crippen molar-refractivity contribution in [3.05, 3.63) is 77.4 Å². The Bertz CT molecular complexity index is 1540. The van der Waals surface area contributed by atoms with Crippen LogP contribution < -0.4 is 10.2 Å². The molecule has 1 aliphatic carbocycles. The minimum atomic E-state index is -0.418. The highest BCUT2D eigenvalue weighted by molar-refractivity contribution is 5.98. The van der Waals surface area contributed by atoms with Gasteiger partial charge in [-0.15, -0.1) is 0 Å². The Labute approximate surface area is 222 Å². The molecule has 194 valence electrons. The summed E-state index contributed by atoms with van der Waals surface area (Å²) < 4.78 is 5.84. The number of nitrogens with one attached hydrogen (secondary N) is 1. The lowest BCUT2D eigenvalue weighted by atomic mass is 9.95. The quantitative estimate of drug-likeness (QED) is 0.400. The maximum atomic E-state index is 13.8. The van der Waals surface area contributed by atoms with Gasteiger partial charge in [0.25, 0.3) is 5.91 Å². The van der Waals surface area contributed by atoms with Gasteiger partial charge in [0.2, 0.25) is 0 Å². The van der Waals surface area contributed by atoms with Gasteiger partial charge in [0, 0.05) is 60.5 Å². The van der Waals surface area contributed by atoms with Crippen LogP contribution in [-0.4, -0.2) is 53.0 Å². The molecule has 4 heterocycles. The molecule has 7 rings (SSSR count). The molecule has 2 aliphatic heterocycles. The number of anilines is 1. The van der Waals surface area contributed by atoms with Gasteiger partial charge in [-0.1, -0.05) is 12.1 Å². The molecule has 1 N–H and O–H groups in total. The fourth-order valence-electron chi connectivity index (χ4n) is 6.46. The topological polar surface area (TPSA) is 74.5 Å². The van der Waals surface area contributed by atoms with Crippen molar-refractivity contribution in [2.24, 2.45) is 0 Å². The van der Waals surface area contributed by atoms with Crippen molar-refractivity contribution in [1.82, 2.24) is 20.2 Å². The van der Waals surface area contributed by atoms with Crippen molar-refractivity contribution in [2.75, 3.05) is 25.0 Å². The zero-order chi connectivity index (χ0) is 26.0. The lowest BCUT2D eigenvalue weighted by Crippen LogP contribution is -2.52. The van der Waals surface area contributed by atoms with Gasteiger partial charge in [-0.25, -0.2) is 4.98 Å². The van der Waals surface area contributed by atoms with Crippen molar-refractivity contribution in [2.45, 2.75) is 57.2 Å². The standard InChI is InChI=1S/C31H33N5O2/c1-19-6-7-22(36-17-23-8-9-24(18-36)35(23)3)15-26(19)30(37)34-31(10-11-31)27-13-21(29-16-33-20(2)38-29)14-28-25(27)5-4-12-32-28/h4-7,12-16,23-24H,8-11,17-18H2,1-3H3,(H,34,37). The third-order valence-corrected chi connectivity index (χ3v) is 8.92. The van der Waals surface area contributed by atoms with E-state index in [4.69, 9.17) is 4.42 Å². The fraction of sp³-hybridized carbons (Fsp3) is 0.387. The van der Waals surface area contributed by atoms with Crippen LogP contribution in [0.2, 0.25) is 0 Å². The summed E-state index contributed by atoms with van der Waals surface area (Å²) in [7, 11) is 2.25. The molecular weight excluding hydrogens is 474 g/mol. The second-order valence-corrected chi connectivity index (χ2v) is 11.3. The zero-order valence-corrected chi connectivity index (χ0v) is 22.2. The van der Waals surface area contributed by atoms with Gasteiger partial charge in [-0.05, 0) is 81.1 Å². The number of carbonyl (C=O) groups is 1. The minimum Gasteiger partial charge on any atom is -0.441 e. The second-order valence-electron chi connectivity index (χ2n) is 11.3. The largest absolute Gasteiger partial charge is 0.441 e. The SMILES string of the molecule is Cc1ncc(-c2cc(C3(NC(=O)c4cc(N5CC6CCC(C5)N6C)ccc4C)CC3)c3cccnc3c2)o1. The van der Waals surface area contributed by atoms with Gasteiger partial charge in [-0.2, -0.15) is 0 Å². The molecule has 2 saturated heterocycles. The number of nitrogens with zero attached hydrogens (tertiary/aromatic N) is 4. The third-order valence-electron chi connectivity index (χ3n) is 8.92. The van der Waals surface area contributed by atoms with Gasteiger partial charge >= 0.3 is 0 Å². The van der Waals surface area contributed by atoms with Gasteiger partial charge in [0.1, 0.15) is 0 Å². The van der Waals surface area contributed by atoms with Gasteiger partial charge < -0.3 is 14.6 Å². The number of oxazole rings is 1. The highest BCUT2D eigenvalue weighted by atomic mass is 16.4. The first-order valence-corrected chi connectivity index (χ1v) is 13.6. The molecular formula is C31H33N5O2. The average Bonchev–Trinajstić information content (AvgIpc) is 3.53. The summed E-state index contributed by atoms with van der Waals surface area (Å²) in [6.45, 7) is 5.91. The first-order valence-electron chi connectivity index (χ1n) is 13.6. The minimum absolute atomic E-state index is 0.0168. The summed E-state index contributed by atoms with van der Waals surface area (Å²) in [5, 5.41) is 4.50. The molecule has 3 aliphatic rings. The number of rotatable bonds is 5. The van der Waals surface area contributed by atoms with Crippen LogP contribution in [0.3, 0.4) is 0 Å². The number of pyridine rings is 1. The molecule has 3 fully saturated rings. The molecule has 2 unspecified atom stereocenters. The first kappa shape index (κ1) is 23.4. The number of carbonyl (C=O) groups excluding carboxylic acids is 1. The van der Waals surface area contributed by atoms with E-state index in [-0.39, 0.29) is 5.91 Å². The Hall–Kier alpha value is -3.71. The average molecular weight is 508 g/mol. The number of aromatic nitrogens is 2. The second kappa shape index (κ2) is 8.67. The van der Waals surface area contributed by atoms with Gasteiger partial charge in [0.15, 0.2) is 11.7 Å².